The Hall–Kier alpha value is -1.58. The smallest absolute Gasteiger partial charge is 0.144 e. The van der Waals surface area contributed by atoms with Crippen molar-refractivity contribution in [1.29, 1.82) is 0 Å². The first-order valence-electron chi connectivity index (χ1n) is 6.24. The highest BCUT2D eigenvalue weighted by Gasteiger charge is 2.07. The van der Waals surface area contributed by atoms with Crippen LogP contribution in [-0.4, -0.2) is 6.10 Å². The predicted molar refractivity (Wildman–Crippen MR) is 86.4 cm³/mol. The van der Waals surface area contributed by atoms with E-state index in [-0.39, 0.29) is 6.10 Å². The molecular weight excluding hydrogens is 295 g/mol. The molecule has 0 aliphatic rings. The van der Waals surface area contributed by atoms with E-state index in [1.807, 2.05) is 26.0 Å². The van der Waals surface area contributed by atoms with Crippen LogP contribution in [0.3, 0.4) is 0 Å². The van der Waals surface area contributed by atoms with E-state index in [1.54, 1.807) is 24.3 Å². The van der Waals surface area contributed by atoms with Gasteiger partial charge in [-0.3, -0.25) is 0 Å². The van der Waals surface area contributed by atoms with Crippen LogP contribution in [0.2, 0.25) is 10.0 Å². The van der Waals surface area contributed by atoms with Gasteiger partial charge in [-0.2, -0.15) is 0 Å². The van der Waals surface area contributed by atoms with Crippen LogP contribution in [0.5, 0.6) is 5.75 Å². The Kier molecular flexibility index (Phi) is 4.63. The van der Waals surface area contributed by atoms with Gasteiger partial charge in [0.25, 0.3) is 0 Å². The molecule has 0 unspecified atom stereocenters. The van der Waals surface area contributed by atoms with Crippen LogP contribution in [0.4, 0.5) is 17.1 Å². The molecule has 20 heavy (non-hydrogen) atoms. The summed E-state index contributed by atoms with van der Waals surface area (Å²) in [5.41, 5.74) is 8.05. The molecule has 0 spiro atoms. The summed E-state index contributed by atoms with van der Waals surface area (Å²) in [5, 5.41) is 4.41. The summed E-state index contributed by atoms with van der Waals surface area (Å²) in [4.78, 5) is 0. The second-order valence-electron chi connectivity index (χ2n) is 4.67. The van der Waals surface area contributed by atoms with Crippen LogP contribution >= 0.6 is 23.2 Å². The molecule has 0 aliphatic carbocycles. The summed E-state index contributed by atoms with van der Waals surface area (Å²) >= 11 is 12.1. The minimum Gasteiger partial charge on any atom is -0.489 e. The third kappa shape index (κ3) is 3.71. The van der Waals surface area contributed by atoms with E-state index in [1.165, 1.54) is 0 Å². The molecule has 2 aromatic carbocycles. The van der Waals surface area contributed by atoms with E-state index in [4.69, 9.17) is 33.7 Å². The summed E-state index contributed by atoms with van der Waals surface area (Å²) < 4.78 is 5.65. The number of rotatable bonds is 4. The number of nitrogens with two attached hydrogens (primary N) is 1. The lowest BCUT2D eigenvalue weighted by Gasteiger charge is -2.15. The molecule has 3 N–H and O–H groups in total. The topological polar surface area (TPSA) is 47.3 Å². The Bertz CT molecular complexity index is 615. The summed E-state index contributed by atoms with van der Waals surface area (Å²) in [6.45, 7) is 3.90. The van der Waals surface area contributed by atoms with Crippen LogP contribution in [0.15, 0.2) is 36.4 Å². The number of hydrogen-bond donors (Lipinski definition) is 2. The number of ether oxygens (including phenoxy) is 1. The van der Waals surface area contributed by atoms with E-state index in [2.05, 4.69) is 5.32 Å². The van der Waals surface area contributed by atoms with E-state index in [0.717, 1.165) is 11.4 Å². The number of nitrogens with one attached hydrogen (secondary N) is 1. The Morgan fingerprint density at radius 3 is 2.55 bits per heavy atom. The SMILES string of the molecule is CC(C)Oc1cc(Nc2cc(Cl)ccc2Cl)ccc1N. The Morgan fingerprint density at radius 2 is 1.85 bits per heavy atom. The van der Waals surface area contributed by atoms with E-state index >= 15 is 0 Å². The van der Waals surface area contributed by atoms with Crippen molar-refractivity contribution in [2.75, 3.05) is 11.1 Å². The van der Waals surface area contributed by atoms with Gasteiger partial charge in [0.15, 0.2) is 0 Å². The lowest BCUT2D eigenvalue weighted by Crippen LogP contribution is -2.07. The van der Waals surface area contributed by atoms with Crippen molar-refractivity contribution >= 4 is 40.3 Å². The van der Waals surface area contributed by atoms with E-state index in [9.17, 15) is 0 Å². The van der Waals surface area contributed by atoms with Gasteiger partial charge in [-0.1, -0.05) is 23.2 Å². The van der Waals surface area contributed by atoms with Crippen molar-refractivity contribution in [2.45, 2.75) is 20.0 Å². The van der Waals surface area contributed by atoms with Crippen LogP contribution in [0, 0.1) is 0 Å². The average molecular weight is 311 g/mol. The van der Waals surface area contributed by atoms with Crippen molar-refractivity contribution in [3.05, 3.63) is 46.4 Å². The van der Waals surface area contributed by atoms with Crippen molar-refractivity contribution in [3.8, 4) is 5.75 Å². The minimum atomic E-state index is 0.0577. The monoisotopic (exact) mass is 310 g/mol. The number of nitrogen functional groups attached to an aromatic ring is 1. The van der Waals surface area contributed by atoms with Gasteiger partial charge in [-0.15, -0.1) is 0 Å². The number of anilines is 3. The molecule has 0 atom stereocenters. The molecule has 0 aliphatic heterocycles. The first-order valence-corrected chi connectivity index (χ1v) is 6.99. The second kappa shape index (κ2) is 6.25. The largest absolute Gasteiger partial charge is 0.489 e. The maximum atomic E-state index is 6.12. The lowest BCUT2D eigenvalue weighted by atomic mass is 10.2. The Labute approximate surface area is 128 Å². The fourth-order valence-electron chi connectivity index (χ4n) is 1.72. The van der Waals surface area contributed by atoms with Crippen molar-refractivity contribution in [1.82, 2.24) is 0 Å². The van der Waals surface area contributed by atoms with Crippen LogP contribution < -0.4 is 15.8 Å². The fraction of sp³-hybridized carbons (Fsp3) is 0.200. The highest BCUT2D eigenvalue weighted by Crippen LogP contribution is 2.32. The number of hydrogen-bond acceptors (Lipinski definition) is 3. The molecule has 0 saturated carbocycles. The van der Waals surface area contributed by atoms with E-state index in [0.29, 0.717) is 21.5 Å². The van der Waals surface area contributed by atoms with Gasteiger partial charge in [-0.05, 0) is 44.2 Å². The number of halogens is 2. The van der Waals surface area contributed by atoms with Crippen LogP contribution in [-0.2, 0) is 0 Å². The zero-order valence-corrected chi connectivity index (χ0v) is 12.8. The minimum absolute atomic E-state index is 0.0577. The molecule has 0 heterocycles. The van der Waals surface area contributed by atoms with Gasteiger partial charge in [0.05, 0.1) is 22.5 Å². The number of benzene rings is 2. The summed E-state index contributed by atoms with van der Waals surface area (Å²) in [5.74, 6) is 0.642. The molecule has 0 bridgehead atoms. The first kappa shape index (κ1) is 14.8. The summed E-state index contributed by atoms with van der Waals surface area (Å²) in [6, 6.07) is 10.7. The normalized spacial score (nSPS) is 10.7. The van der Waals surface area contributed by atoms with Crippen molar-refractivity contribution in [3.63, 3.8) is 0 Å². The first-order chi connectivity index (χ1) is 9.45. The molecule has 3 nitrogen and oxygen atoms in total. The van der Waals surface area contributed by atoms with Crippen molar-refractivity contribution in [2.24, 2.45) is 0 Å². The summed E-state index contributed by atoms with van der Waals surface area (Å²) in [7, 11) is 0. The molecule has 0 fully saturated rings. The zero-order valence-electron chi connectivity index (χ0n) is 11.3. The van der Waals surface area contributed by atoms with Crippen molar-refractivity contribution < 1.29 is 4.74 Å². The Morgan fingerprint density at radius 1 is 1.10 bits per heavy atom. The molecule has 0 amide bonds. The summed E-state index contributed by atoms with van der Waals surface area (Å²) in [6.07, 6.45) is 0.0577. The van der Waals surface area contributed by atoms with Gasteiger partial charge < -0.3 is 15.8 Å². The molecule has 106 valence electrons. The van der Waals surface area contributed by atoms with Gasteiger partial charge in [0.2, 0.25) is 0 Å². The van der Waals surface area contributed by atoms with Gasteiger partial charge >= 0.3 is 0 Å². The third-order valence-corrected chi connectivity index (χ3v) is 3.15. The molecular formula is C15H16Cl2N2O. The van der Waals surface area contributed by atoms with E-state index < -0.39 is 0 Å². The predicted octanol–water partition coefficient (Wildman–Crippen LogP) is 5.11. The second-order valence-corrected chi connectivity index (χ2v) is 5.51. The quantitative estimate of drug-likeness (QED) is 0.772. The zero-order chi connectivity index (χ0) is 14.7. The fourth-order valence-corrected chi connectivity index (χ4v) is 2.05. The molecule has 0 radical (unpaired) electrons. The highest BCUT2D eigenvalue weighted by molar-refractivity contribution is 6.35. The molecule has 0 aromatic heterocycles. The van der Waals surface area contributed by atoms with Gasteiger partial charge in [0.1, 0.15) is 5.75 Å². The molecule has 2 rings (SSSR count). The van der Waals surface area contributed by atoms with Crippen LogP contribution in [0.25, 0.3) is 0 Å². The average Bonchev–Trinajstić information content (AvgIpc) is 2.37. The van der Waals surface area contributed by atoms with Gasteiger partial charge in [0, 0.05) is 16.8 Å². The molecule has 0 saturated heterocycles. The van der Waals surface area contributed by atoms with Crippen LogP contribution in [0.1, 0.15) is 13.8 Å². The molecule has 2 aromatic rings. The standard InChI is InChI=1S/C15H16Cl2N2O/c1-9(2)20-15-8-11(4-6-13(15)18)19-14-7-10(16)3-5-12(14)17/h3-9,19H,18H2,1-2H3. The lowest BCUT2D eigenvalue weighted by molar-refractivity contribution is 0.244. The highest BCUT2D eigenvalue weighted by atomic mass is 35.5. The van der Waals surface area contributed by atoms with Gasteiger partial charge in [-0.25, -0.2) is 0 Å². The maximum absolute atomic E-state index is 6.12. The molecule has 5 heteroatoms. The maximum Gasteiger partial charge on any atom is 0.144 e. The third-order valence-electron chi connectivity index (χ3n) is 2.58. The Balaban J connectivity index is 2.27.